The average molecular weight is 443 g/mol. The van der Waals surface area contributed by atoms with Crippen LogP contribution in [0.2, 0.25) is 5.02 Å². The first-order chi connectivity index (χ1) is 14.8. The van der Waals surface area contributed by atoms with Gasteiger partial charge in [0.2, 0.25) is 11.4 Å². The molecular formula is C24H23ClO6. The molecule has 162 valence electrons. The predicted molar refractivity (Wildman–Crippen MR) is 115 cm³/mol. The summed E-state index contributed by atoms with van der Waals surface area (Å²) in [6.45, 7) is 3.96. The third-order valence-corrected chi connectivity index (χ3v) is 6.28. The number of benzene rings is 2. The number of hydrogen-bond acceptors (Lipinski definition) is 6. The summed E-state index contributed by atoms with van der Waals surface area (Å²) >= 11 is 6.48. The zero-order chi connectivity index (χ0) is 22.3. The quantitative estimate of drug-likeness (QED) is 0.669. The van der Waals surface area contributed by atoms with Gasteiger partial charge in [0.15, 0.2) is 17.3 Å². The zero-order valence-electron chi connectivity index (χ0n) is 17.8. The van der Waals surface area contributed by atoms with E-state index in [0.29, 0.717) is 11.5 Å². The molecule has 0 saturated heterocycles. The van der Waals surface area contributed by atoms with E-state index >= 15 is 0 Å². The molecule has 1 aliphatic heterocycles. The Morgan fingerprint density at radius 1 is 1.16 bits per heavy atom. The van der Waals surface area contributed by atoms with Gasteiger partial charge in [-0.25, -0.2) is 0 Å². The molecule has 1 spiro atoms. The lowest BCUT2D eigenvalue weighted by Crippen LogP contribution is -2.51. The highest BCUT2D eigenvalue weighted by Crippen LogP contribution is 2.54. The molecule has 7 heteroatoms. The van der Waals surface area contributed by atoms with E-state index in [0.717, 1.165) is 11.1 Å². The van der Waals surface area contributed by atoms with Crippen molar-refractivity contribution in [3.63, 3.8) is 0 Å². The number of allylic oxidation sites excluding steroid dienone is 1. The van der Waals surface area contributed by atoms with Gasteiger partial charge >= 0.3 is 0 Å². The highest BCUT2D eigenvalue weighted by Gasteiger charge is 2.60. The highest BCUT2D eigenvalue weighted by molar-refractivity contribution is 6.35. The van der Waals surface area contributed by atoms with E-state index in [9.17, 15) is 9.59 Å². The highest BCUT2D eigenvalue weighted by atomic mass is 35.5. The smallest absolute Gasteiger partial charge is 0.231 e. The maximum atomic E-state index is 13.8. The summed E-state index contributed by atoms with van der Waals surface area (Å²) < 4.78 is 23.1. The van der Waals surface area contributed by atoms with Crippen molar-refractivity contribution < 1.29 is 28.5 Å². The average Bonchev–Trinajstić information content (AvgIpc) is 3.06. The standard InChI is InChI=1S/C24H23ClO6/c1-13-7-5-6-8-15(13)12-30-19-10-16(26)9-14(2)24(19)23(27)20-17(28-3)11-18(29-4)21(25)22(20)31-24/h5-8,10-11,14H,9,12H2,1-4H3. The number of carbonyl (C=O) groups is 2. The van der Waals surface area contributed by atoms with Crippen molar-refractivity contribution in [2.75, 3.05) is 14.2 Å². The number of methoxy groups -OCH3 is 2. The zero-order valence-corrected chi connectivity index (χ0v) is 18.5. The summed E-state index contributed by atoms with van der Waals surface area (Å²) in [5.74, 6) is 0.0325. The third kappa shape index (κ3) is 3.26. The SMILES string of the molecule is COc1cc(OC)c2c(c1Cl)OC1(C2=O)C(OCc2ccccc2C)=CC(=O)CC1C. The number of halogens is 1. The molecule has 4 rings (SSSR count). The number of rotatable bonds is 5. The number of hydrogen-bond donors (Lipinski definition) is 0. The fourth-order valence-electron chi connectivity index (χ4n) is 4.17. The number of ketones is 2. The van der Waals surface area contributed by atoms with Gasteiger partial charge in [0, 0.05) is 24.5 Å². The second kappa shape index (κ2) is 7.93. The van der Waals surface area contributed by atoms with Crippen LogP contribution < -0.4 is 14.2 Å². The number of Topliss-reactive ketones (excluding diaryl/α,β-unsaturated/α-hetero) is 1. The summed E-state index contributed by atoms with van der Waals surface area (Å²) in [4.78, 5) is 26.2. The number of ether oxygens (including phenoxy) is 4. The van der Waals surface area contributed by atoms with Crippen LogP contribution in [0, 0.1) is 12.8 Å². The number of fused-ring (bicyclic) bond motifs is 1. The van der Waals surface area contributed by atoms with Crippen LogP contribution in [0.4, 0.5) is 0 Å². The van der Waals surface area contributed by atoms with Crippen molar-refractivity contribution in [3.05, 3.63) is 63.9 Å². The molecule has 0 amide bonds. The van der Waals surface area contributed by atoms with Gasteiger partial charge in [-0.2, -0.15) is 0 Å². The molecule has 0 saturated carbocycles. The van der Waals surface area contributed by atoms with Crippen LogP contribution in [-0.2, 0) is 16.1 Å². The normalized spacial score (nSPS) is 22.1. The maximum Gasteiger partial charge on any atom is 0.231 e. The van der Waals surface area contributed by atoms with Gasteiger partial charge in [-0.15, -0.1) is 0 Å². The molecule has 1 aliphatic carbocycles. The lowest BCUT2D eigenvalue weighted by molar-refractivity contribution is -0.118. The first-order valence-electron chi connectivity index (χ1n) is 9.94. The Morgan fingerprint density at radius 3 is 2.55 bits per heavy atom. The van der Waals surface area contributed by atoms with Crippen LogP contribution in [0.3, 0.4) is 0 Å². The Hall–Kier alpha value is -2.99. The molecule has 2 atom stereocenters. The first kappa shape index (κ1) is 21.2. The molecule has 2 unspecified atom stereocenters. The first-order valence-corrected chi connectivity index (χ1v) is 10.3. The summed E-state index contributed by atoms with van der Waals surface area (Å²) in [5, 5.41) is 0.172. The van der Waals surface area contributed by atoms with E-state index in [1.165, 1.54) is 20.3 Å². The monoisotopic (exact) mass is 442 g/mol. The van der Waals surface area contributed by atoms with Crippen molar-refractivity contribution in [3.8, 4) is 17.2 Å². The number of aryl methyl sites for hydroxylation is 1. The summed E-state index contributed by atoms with van der Waals surface area (Å²) in [6, 6.07) is 9.31. The van der Waals surface area contributed by atoms with Crippen LogP contribution in [0.5, 0.6) is 17.2 Å². The molecule has 0 bridgehead atoms. The van der Waals surface area contributed by atoms with E-state index in [-0.39, 0.29) is 46.7 Å². The molecule has 0 N–H and O–H groups in total. The van der Waals surface area contributed by atoms with E-state index in [1.54, 1.807) is 13.0 Å². The Bertz CT molecular complexity index is 1110. The van der Waals surface area contributed by atoms with E-state index in [2.05, 4.69) is 0 Å². The Kier molecular flexibility index (Phi) is 5.43. The minimum absolute atomic E-state index is 0.124. The van der Waals surface area contributed by atoms with Crippen molar-refractivity contribution in [2.45, 2.75) is 32.5 Å². The lowest BCUT2D eigenvalue weighted by Gasteiger charge is -2.37. The molecule has 0 aromatic heterocycles. The topological polar surface area (TPSA) is 71.1 Å². The van der Waals surface area contributed by atoms with Gasteiger partial charge in [-0.1, -0.05) is 42.8 Å². The second-order valence-corrected chi connectivity index (χ2v) is 8.14. The molecular weight excluding hydrogens is 420 g/mol. The van der Waals surface area contributed by atoms with E-state index < -0.39 is 11.5 Å². The van der Waals surface area contributed by atoms with Gasteiger partial charge in [-0.3, -0.25) is 9.59 Å². The fourth-order valence-corrected chi connectivity index (χ4v) is 4.43. The summed E-state index contributed by atoms with van der Waals surface area (Å²) in [5.41, 5.74) is 0.718. The predicted octanol–water partition coefficient (Wildman–Crippen LogP) is 4.69. The molecule has 1 heterocycles. The van der Waals surface area contributed by atoms with Crippen LogP contribution in [-0.4, -0.2) is 31.4 Å². The molecule has 2 aliphatic rings. The van der Waals surface area contributed by atoms with Crippen LogP contribution in [0.15, 0.2) is 42.2 Å². The molecule has 0 radical (unpaired) electrons. The lowest BCUT2D eigenvalue weighted by atomic mass is 9.75. The van der Waals surface area contributed by atoms with Crippen molar-refractivity contribution in [1.29, 1.82) is 0 Å². The Morgan fingerprint density at radius 2 is 1.87 bits per heavy atom. The van der Waals surface area contributed by atoms with Crippen molar-refractivity contribution >= 4 is 23.2 Å². The van der Waals surface area contributed by atoms with Crippen molar-refractivity contribution in [2.24, 2.45) is 5.92 Å². The molecule has 0 fully saturated rings. The van der Waals surface area contributed by atoms with Crippen LogP contribution >= 0.6 is 11.6 Å². The van der Waals surface area contributed by atoms with Gasteiger partial charge in [-0.05, 0) is 18.1 Å². The van der Waals surface area contributed by atoms with Gasteiger partial charge in [0.1, 0.15) is 28.7 Å². The number of carbonyl (C=O) groups excluding carboxylic acids is 2. The van der Waals surface area contributed by atoms with Gasteiger partial charge < -0.3 is 18.9 Å². The second-order valence-electron chi connectivity index (χ2n) is 7.76. The van der Waals surface area contributed by atoms with Crippen LogP contribution in [0.1, 0.15) is 34.8 Å². The fraction of sp³-hybridized carbons (Fsp3) is 0.333. The molecule has 2 aromatic carbocycles. The van der Waals surface area contributed by atoms with Gasteiger partial charge in [0.25, 0.3) is 0 Å². The van der Waals surface area contributed by atoms with Gasteiger partial charge in [0.05, 0.1) is 14.2 Å². The van der Waals surface area contributed by atoms with E-state index in [4.69, 9.17) is 30.5 Å². The van der Waals surface area contributed by atoms with E-state index in [1.807, 2.05) is 31.2 Å². The summed E-state index contributed by atoms with van der Waals surface area (Å²) in [6.07, 6.45) is 1.51. The largest absolute Gasteiger partial charge is 0.496 e. The minimum atomic E-state index is -1.50. The Labute approximate surface area is 185 Å². The third-order valence-electron chi connectivity index (χ3n) is 5.92. The molecule has 6 nitrogen and oxygen atoms in total. The van der Waals surface area contributed by atoms with Crippen LogP contribution in [0.25, 0.3) is 0 Å². The minimum Gasteiger partial charge on any atom is -0.496 e. The summed E-state index contributed by atoms with van der Waals surface area (Å²) in [7, 11) is 2.93. The van der Waals surface area contributed by atoms with Crippen molar-refractivity contribution in [1.82, 2.24) is 0 Å². The molecule has 2 aromatic rings. The molecule has 31 heavy (non-hydrogen) atoms. The maximum absolute atomic E-state index is 13.8. The Balaban J connectivity index is 1.80.